The molecule has 2 heterocycles. The van der Waals surface area contributed by atoms with Crippen molar-refractivity contribution in [2.75, 3.05) is 0 Å². The molecule has 2 aromatic heterocycles. The highest BCUT2D eigenvalue weighted by atomic mass is 16.5. The topological polar surface area (TPSA) is 48.0 Å². The maximum atomic E-state index is 12.1. The van der Waals surface area contributed by atoms with Crippen molar-refractivity contribution in [3.8, 4) is 0 Å². The Morgan fingerprint density at radius 2 is 2.12 bits per heavy atom. The van der Waals surface area contributed by atoms with Gasteiger partial charge in [-0.25, -0.2) is 0 Å². The largest absolute Gasteiger partial charge is 0.355 e. The molecule has 1 aromatic carbocycles. The molecule has 0 radical (unpaired) electrons. The Labute approximate surface area is 91.1 Å². The highest BCUT2D eigenvalue weighted by molar-refractivity contribution is 6.01. The van der Waals surface area contributed by atoms with Crippen LogP contribution in [0.15, 0.2) is 39.8 Å². The van der Waals surface area contributed by atoms with Crippen LogP contribution in [0.2, 0.25) is 0 Å². The first-order valence-corrected chi connectivity index (χ1v) is 5.19. The summed E-state index contributed by atoms with van der Waals surface area (Å²) in [5.41, 5.74) is 1.42. The van der Waals surface area contributed by atoms with E-state index in [-0.39, 0.29) is 5.56 Å². The molecule has 4 nitrogen and oxygen atoms in total. The van der Waals surface area contributed by atoms with Crippen molar-refractivity contribution in [3.63, 3.8) is 0 Å². The summed E-state index contributed by atoms with van der Waals surface area (Å²) in [6.07, 6.45) is 1.48. The Balaban J connectivity index is 2.70. The number of hydrogen-bond donors (Lipinski definition) is 0. The average Bonchev–Trinajstić information content (AvgIpc) is 2.79. The number of para-hydroxylation sites is 1. The van der Waals surface area contributed by atoms with Crippen LogP contribution >= 0.6 is 0 Å². The predicted octanol–water partition coefficient (Wildman–Crippen LogP) is 2.16. The van der Waals surface area contributed by atoms with Crippen LogP contribution in [-0.4, -0.2) is 9.72 Å². The molecule has 3 aromatic rings. The van der Waals surface area contributed by atoms with Gasteiger partial charge in [0.2, 0.25) is 0 Å². The summed E-state index contributed by atoms with van der Waals surface area (Å²) in [7, 11) is 0. The molecule has 3 rings (SSSR count). The molecule has 0 aliphatic carbocycles. The lowest BCUT2D eigenvalue weighted by Gasteiger charge is -2.06. The van der Waals surface area contributed by atoms with E-state index in [2.05, 4.69) is 5.16 Å². The Morgan fingerprint density at radius 3 is 2.94 bits per heavy atom. The fraction of sp³-hybridized carbons (Fsp3) is 0.167. The maximum absolute atomic E-state index is 12.1. The smallest absolute Gasteiger partial charge is 0.263 e. The second kappa shape index (κ2) is 3.20. The zero-order valence-electron chi connectivity index (χ0n) is 8.80. The van der Waals surface area contributed by atoms with Crippen LogP contribution in [0.5, 0.6) is 0 Å². The van der Waals surface area contributed by atoms with Crippen molar-refractivity contribution in [1.29, 1.82) is 0 Å². The monoisotopic (exact) mass is 214 g/mol. The number of pyridine rings is 1. The zero-order valence-corrected chi connectivity index (χ0v) is 8.80. The number of nitrogens with zero attached hydrogens (tertiary/aromatic N) is 2. The second-order valence-electron chi connectivity index (χ2n) is 3.64. The number of aromatic nitrogens is 2. The highest BCUT2D eigenvalue weighted by Gasteiger charge is 2.12. The molecule has 0 fully saturated rings. The van der Waals surface area contributed by atoms with Crippen LogP contribution < -0.4 is 5.56 Å². The first kappa shape index (κ1) is 9.15. The Bertz CT molecular complexity index is 725. The molecule has 0 saturated carbocycles. The standard InChI is InChI=1S/C12H10N2O2/c1-2-14-10-6-4-3-5-8(10)11-9(12(14)15)7-13-16-11/h3-7H,2H2,1H3. The lowest BCUT2D eigenvalue weighted by Crippen LogP contribution is -2.19. The van der Waals surface area contributed by atoms with Gasteiger partial charge in [-0.15, -0.1) is 0 Å². The molecule has 0 bridgehead atoms. The number of fused-ring (bicyclic) bond motifs is 3. The SMILES string of the molecule is CCn1c(=O)c2cnoc2c2ccccc21. The fourth-order valence-electron chi connectivity index (χ4n) is 2.06. The highest BCUT2D eigenvalue weighted by Crippen LogP contribution is 2.21. The minimum absolute atomic E-state index is 0.0440. The van der Waals surface area contributed by atoms with Crippen molar-refractivity contribution in [3.05, 3.63) is 40.8 Å². The van der Waals surface area contributed by atoms with Crippen LogP contribution in [0.1, 0.15) is 6.92 Å². The summed E-state index contributed by atoms with van der Waals surface area (Å²) in [5.74, 6) is 0. The number of rotatable bonds is 1. The van der Waals surface area contributed by atoms with Gasteiger partial charge in [-0.05, 0) is 19.1 Å². The lowest BCUT2D eigenvalue weighted by molar-refractivity contribution is 0.458. The molecule has 0 unspecified atom stereocenters. The van der Waals surface area contributed by atoms with Crippen molar-refractivity contribution >= 4 is 21.9 Å². The third kappa shape index (κ3) is 1.04. The van der Waals surface area contributed by atoms with Gasteiger partial charge in [0.05, 0.1) is 11.7 Å². The Morgan fingerprint density at radius 1 is 1.31 bits per heavy atom. The summed E-state index contributed by atoms with van der Waals surface area (Å²) in [5, 5.41) is 5.17. The van der Waals surface area contributed by atoms with Crippen LogP contribution in [0, 0.1) is 0 Å². The van der Waals surface area contributed by atoms with E-state index in [1.165, 1.54) is 6.20 Å². The zero-order chi connectivity index (χ0) is 11.1. The fourth-order valence-corrected chi connectivity index (χ4v) is 2.06. The summed E-state index contributed by atoms with van der Waals surface area (Å²) >= 11 is 0. The van der Waals surface area contributed by atoms with E-state index < -0.39 is 0 Å². The van der Waals surface area contributed by atoms with Gasteiger partial charge >= 0.3 is 0 Å². The molecule has 80 valence electrons. The van der Waals surface area contributed by atoms with Gasteiger partial charge in [0.1, 0.15) is 5.39 Å². The van der Waals surface area contributed by atoms with Crippen molar-refractivity contribution in [2.24, 2.45) is 0 Å². The van der Waals surface area contributed by atoms with E-state index in [1.54, 1.807) is 4.57 Å². The predicted molar refractivity (Wildman–Crippen MR) is 61.4 cm³/mol. The lowest BCUT2D eigenvalue weighted by atomic mass is 10.1. The first-order chi connectivity index (χ1) is 7.83. The van der Waals surface area contributed by atoms with Gasteiger partial charge in [0.15, 0.2) is 5.58 Å². The third-order valence-corrected chi connectivity index (χ3v) is 2.80. The average molecular weight is 214 g/mol. The van der Waals surface area contributed by atoms with Gasteiger partial charge in [0, 0.05) is 11.9 Å². The molecule has 0 spiro atoms. The van der Waals surface area contributed by atoms with E-state index >= 15 is 0 Å². The summed E-state index contributed by atoms with van der Waals surface area (Å²) < 4.78 is 6.88. The van der Waals surface area contributed by atoms with Gasteiger partial charge < -0.3 is 9.09 Å². The van der Waals surface area contributed by atoms with Crippen LogP contribution in [-0.2, 0) is 6.54 Å². The number of benzene rings is 1. The van der Waals surface area contributed by atoms with Crippen LogP contribution in [0.3, 0.4) is 0 Å². The van der Waals surface area contributed by atoms with E-state index in [9.17, 15) is 4.79 Å². The van der Waals surface area contributed by atoms with Gasteiger partial charge in [-0.1, -0.05) is 17.3 Å². The van der Waals surface area contributed by atoms with Gasteiger partial charge in [-0.3, -0.25) is 4.79 Å². The van der Waals surface area contributed by atoms with E-state index in [4.69, 9.17) is 4.52 Å². The summed E-state index contributed by atoms with van der Waals surface area (Å²) in [4.78, 5) is 12.1. The van der Waals surface area contributed by atoms with Crippen LogP contribution in [0.25, 0.3) is 21.9 Å². The maximum Gasteiger partial charge on any atom is 0.263 e. The molecule has 0 atom stereocenters. The number of hydrogen-bond acceptors (Lipinski definition) is 3. The summed E-state index contributed by atoms with van der Waals surface area (Å²) in [6.45, 7) is 2.59. The van der Waals surface area contributed by atoms with Crippen molar-refractivity contribution in [2.45, 2.75) is 13.5 Å². The van der Waals surface area contributed by atoms with E-state index in [0.29, 0.717) is 17.5 Å². The molecule has 16 heavy (non-hydrogen) atoms. The van der Waals surface area contributed by atoms with Gasteiger partial charge in [-0.2, -0.15) is 0 Å². The van der Waals surface area contributed by atoms with Crippen molar-refractivity contribution < 1.29 is 4.52 Å². The molecule has 0 amide bonds. The minimum atomic E-state index is -0.0440. The molecule has 0 aliphatic rings. The molecular weight excluding hydrogens is 204 g/mol. The first-order valence-electron chi connectivity index (χ1n) is 5.19. The molecule has 0 N–H and O–H groups in total. The second-order valence-corrected chi connectivity index (χ2v) is 3.64. The quantitative estimate of drug-likeness (QED) is 0.623. The van der Waals surface area contributed by atoms with Crippen LogP contribution in [0.4, 0.5) is 0 Å². The molecule has 0 aliphatic heterocycles. The third-order valence-electron chi connectivity index (χ3n) is 2.80. The van der Waals surface area contributed by atoms with E-state index in [0.717, 1.165) is 10.9 Å². The van der Waals surface area contributed by atoms with Crippen molar-refractivity contribution in [1.82, 2.24) is 9.72 Å². The number of aryl methyl sites for hydroxylation is 1. The molecule has 4 heteroatoms. The minimum Gasteiger partial charge on any atom is -0.355 e. The summed E-state index contributed by atoms with van der Waals surface area (Å²) in [6, 6.07) is 7.70. The Kier molecular flexibility index (Phi) is 1.83. The molecular formula is C12H10N2O2. The Hall–Kier alpha value is -2.10. The van der Waals surface area contributed by atoms with E-state index in [1.807, 2.05) is 31.2 Å². The normalized spacial score (nSPS) is 11.3. The molecule has 0 saturated heterocycles. The van der Waals surface area contributed by atoms with Gasteiger partial charge in [0.25, 0.3) is 5.56 Å².